The predicted octanol–water partition coefficient (Wildman–Crippen LogP) is 11.0. The van der Waals surface area contributed by atoms with Crippen molar-refractivity contribution in [3.63, 3.8) is 0 Å². The first kappa shape index (κ1) is 41.4. The zero-order valence-corrected chi connectivity index (χ0v) is 28.7. The van der Waals surface area contributed by atoms with E-state index in [4.69, 9.17) is 14.2 Å². The van der Waals surface area contributed by atoms with Gasteiger partial charge in [0.15, 0.2) is 6.10 Å². The number of carbonyl (C=O) groups is 3. The van der Waals surface area contributed by atoms with Crippen molar-refractivity contribution in [1.29, 1.82) is 0 Å². The van der Waals surface area contributed by atoms with E-state index in [0.717, 1.165) is 57.8 Å². The summed E-state index contributed by atoms with van der Waals surface area (Å²) in [6, 6.07) is 0. The zero-order chi connectivity index (χ0) is 31.6. The van der Waals surface area contributed by atoms with E-state index in [1.54, 1.807) is 0 Å². The molecule has 6 nitrogen and oxygen atoms in total. The minimum atomic E-state index is -0.754. The molecule has 0 atom stereocenters. The molecule has 0 aromatic rings. The van der Waals surface area contributed by atoms with E-state index in [0.29, 0.717) is 19.3 Å². The Morgan fingerprint density at radius 2 is 0.628 bits per heavy atom. The summed E-state index contributed by atoms with van der Waals surface area (Å²) >= 11 is 0. The van der Waals surface area contributed by atoms with Crippen LogP contribution in [0, 0.1) is 0 Å². The normalized spacial score (nSPS) is 11.2. The van der Waals surface area contributed by atoms with E-state index < -0.39 is 6.10 Å². The van der Waals surface area contributed by atoms with Crippen LogP contribution in [0.3, 0.4) is 0 Å². The Labute approximate surface area is 266 Å². The van der Waals surface area contributed by atoms with Gasteiger partial charge in [0.05, 0.1) is 0 Å². The number of hydrogen-bond donors (Lipinski definition) is 0. The highest BCUT2D eigenvalue weighted by Gasteiger charge is 2.19. The minimum absolute atomic E-state index is 0.0651. The second-order valence-corrected chi connectivity index (χ2v) is 12.5. The first-order valence-electron chi connectivity index (χ1n) is 18.5. The molecule has 0 aliphatic heterocycles. The summed E-state index contributed by atoms with van der Waals surface area (Å²) in [4.78, 5) is 37.1. The molecule has 0 bridgehead atoms. The maximum Gasteiger partial charge on any atom is 0.306 e. The van der Waals surface area contributed by atoms with Crippen LogP contribution in [0.4, 0.5) is 0 Å². The van der Waals surface area contributed by atoms with Crippen LogP contribution < -0.4 is 0 Å². The van der Waals surface area contributed by atoms with Gasteiger partial charge in [-0.3, -0.25) is 14.4 Å². The molecule has 0 unspecified atom stereocenters. The van der Waals surface area contributed by atoms with Crippen molar-refractivity contribution in [2.75, 3.05) is 13.2 Å². The fraction of sp³-hybridized carbons (Fsp3) is 0.919. The molecule has 6 heteroatoms. The highest BCUT2D eigenvalue weighted by molar-refractivity contribution is 5.71. The number of ether oxygens (including phenoxy) is 3. The van der Waals surface area contributed by atoms with Crippen molar-refractivity contribution in [1.82, 2.24) is 0 Å². The average Bonchev–Trinajstić information content (AvgIpc) is 3.00. The number of hydrogen-bond acceptors (Lipinski definition) is 6. The molecular weight excluding hydrogens is 541 g/mol. The molecule has 0 spiro atoms. The van der Waals surface area contributed by atoms with Crippen molar-refractivity contribution in [2.24, 2.45) is 0 Å². The van der Waals surface area contributed by atoms with Gasteiger partial charge in [-0.1, -0.05) is 162 Å². The van der Waals surface area contributed by atoms with Crippen LogP contribution in [-0.2, 0) is 28.6 Å². The van der Waals surface area contributed by atoms with Crippen LogP contribution in [0.5, 0.6) is 0 Å². The van der Waals surface area contributed by atoms with E-state index in [1.165, 1.54) is 103 Å². The van der Waals surface area contributed by atoms with Crippen LogP contribution in [-0.4, -0.2) is 37.2 Å². The summed E-state index contributed by atoms with van der Waals surface area (Å²) in [5.74, 6) is -0.877. The standard InChI is InChI=1S/C37H70O6/c1-4-7-10-13-16-18-21-23-26-29-35(38)41-32-34(43-37(40)31-28-25-20-15-12-9-6-3)33-42-36(39)30-27-24-22-19-17-14-11-8-5-2/h34H,4-33H2,1-3H3/i37+1. The molecule has 254 valence electrons. The van der Waals surface area contributed by atoms with E-state index in [9.17, 15) is 14.4 Å². The summed E-state index contributed by atoms with van der Waals surface area (Å²) in [5.41, 5.74) is 0. The lowest BCUT2D eigenvalue weighted by Crippen LogP contribution is -2.30. The number of unbranched alkanes of at least 4 members (excludes halogenated alkanes) is 22. The molecule has 0 saturated heterocycles. The van der Waals surface area contributed by atoms with Crippen molar-refractivity contribution < 1.29 is 28.6 Å². The van der Waals surface area contributed by atoms with Crippen LogP contribution in [0.1, 0.15) is 201 Å². The molecule has 0 aliphatic carbocycles. The molecule has 0 aromatic carbocycles. The number of carbonyl (C=O) groups excluding carboxylic acids is 3. The van der Waals surface area contributed by atoms with Gasteiger partial charge in [0.25, 0.3) is 0 Å². The smallest absolute Gasteiger partial charge is 0.306 e. The molecule has 0 aromatic heterocycles. The highest BCUT2D eigenvalue weighted by atomic mass is 16.7. The van der Waals surface area contributed by atoms with Crippen molar-refractivity contribution in [3.05, 3.63) is 0 Å². The van der Waals surface area contributed by atoms with E-state index in [2.05, 4.69) is 20.8 Å². The van der Waals surface area contributed by atoms with Crippen molar-refractivity contribution in [2.45, 2.75) is 207 Å². The Bertz CT molecular complexity index is 597. The fourth-order valence-electron chi connectivity index (χ4n) is 5.26. The largest absolute Gasteiger partial charge is 0.462 e. The maximum absolute atomic E-state index is 12.5. The predicted molar refractivity (Wildman–Crippen MR) is 178 cm³/mol. The highest BCUT2D eigenvalue weighted by Crippen LogP contribution is 2.13. The molecule has 0 fully saturated rings. The van der Waals surface area contributed by atoms with Crippen LogP contribution in [0.25, 0.3) is 0 Å². The summed E-state index contributed by atoms with van der Waals surface area (Å²) in [7, 11) is 0. The van der Waals surface area contributed by atoms with Crippen LogP contribution in [0.15, 0.2) is 0 Å². The SMILES string of the molecule is CCCCCCCCCCCC(=O)OCC(COC(=O)CCCCCCCCCCC)O[13C](=O)CCCCCCCCC. The molecule has 0 heterocycles. The molecule has 0 saturated carbocycles. The Morgan fingerprint density at radius 1 is 0.372 bits per heavy atom. The van der Waals surface area contributed by atoms with Crippen LogP contribution in [0.2, 0.25) is 0 Å². The average molecular weight is 612 g/mol. The molecule has 0 rings (SSSR count). The zero-order valence-electron chi connectivity index (χ0n) is 28.7. The monoisotopic (exact) mass is 612 g/mol. The molecule has 0 aliphatic rings. The van der Waals surface area contributed by atoms with Crippen molar-refractivity contribution >= 4 is 17.9 Å². The first-order valence-corrected chi connectivity index (χ1v) is 18.5. The summed E-state index contributed by atoms with van der Waals surface area (Å²) in [6.45, 7) is 6.53. The van der Waals surface area contributed by atoms with Gasteiger partial charge in [0.1, 0.15) is 13.2 Å². The Hall–Kier alpha value is -1.59. The second-order valence-electron chi connectivity index (χ2n) is 12.5. The Morgan fingerprint density at radius 3 is 0.930 bits per heavy atom. The first-order chi connectivity index (χ1) is 21.0. The van der Waals surface area contributed by atoms with Crippen molar-refractivity contribution in [3.8, 4) is 0 Å². The quantitative estimate of drug-likeness (QED) is 0.0318. The minimum Gasteiger partial charge on any atom is -0.462 e. The molecule has 0 amide bonds. The second kappa shape index (κ2) is 33.3. The molecule has 0 radical (unpaired) electrons. The Kier molecular flexibility index (Phi) is 32.1. The third kappa shape index (κ3) is 31.6. The van der Waals surface area contributed by atoms with Gasteiger partial charge in [-0.25, -0.2) is 0 Å². The maximum atomic E-state index is 12.5. The fourth-order valence-corrected chi connectivity index (χ4v) is 5.26. The Balaban J connectivity index is 4.33. The number of rotatable bonds is 33. The summed E-state index contributed by atoms with van der Waals surface area (Å²) in [6.07, 6.45) is 29.5. The van der Waals surface area contributed by atoms with E-state index in [1.807, 2.05) is 0 Å². The third-order valence-electron chi connectivity index (χ3n) is 8.11. The molecular formula is C37H70O6. The third-order valence-corrected chi connectivity index (χ3v) is 8.11. The lowest BCUT2D eigenvalue weighted by atomic mass is 10.1. The lowest BCUT2D eigenvalue weighted by molar-refractivity contribution is -0.167. The van der Waals surface area contributed by atoms with E-state index in [-0.39, 0.29) is 31.1 Å². The molecule has 0 N–H and O–H groups in total. The molecule has 43 heavy (non-hydrogen) atoms. The van der Waals surface area contributed by atoms with Gasteiger partial charge in [-0.2, -0.15) is 0 Å². The van der Waals surface area contributed by atoms with Crippen LogP contribution >= 0.6 is 0 Å². The van der Waals surface area contributed by atoms with Gasteiger partial charge in [0, 0.05) is 19.3 Å². The number of esters is 3. The van der Waals surface area contributed by atoms with Gasteiger partial charge in [-0.05, 0) is 19.3 Å². The summed E-state index contributed by atoms with van der Waals surface area (Å²) in [5, 5.41) is 0. The van der Waals surface area contributed by atoms with Gasteiger partial charge in [-0.15, -0.1) is 0 Å². The lowest BCUT2D eigenvalue weighted by Gasteiger charge is -2.18. The van der Waals surface area contributed by atoms with E-state index >= 15 is 0 Å². The summed E-state index contributed by atoms with van der Waals surface area (Å²) < 4.78 is 16.5. The van der Waals surface area contributed by atoms with Gasteiger partial charge >= 0.3 is 17.9 Å². The van der Waals surface area contributed by atoms with Gasteiger partial charge < -0.3 is 14.2 Å². The topological polar surface area (TPSA) is 78.9 Å². The van der Waals surface area contributed by atoms with Gasteiger partial charge in [0.2, 0.25) is 0 Å².